The summed E-state index contributed by atoms with van der Waals surface area (Å²) in [6.07, 6.45) is 0. The van der Waals surface area contributed by atoms with Gasteiger partial charge in [-0.1, -0.05) is 46.3 Å². The highest BCUT2D eigenvalue weighted by molar-refractivity contribution is 9.10. The lowest BCUT2D eigenvalue weighted by Crippen LogP contribution is -2.13. The SMILES string of the molecule is Fc1cccc(CNCc2ccccc2Br)c1Br. The van der Waals surface area contributed by atoms with Gasteiger partial charge in [0.2, 0.25) is 0 Å². The van der Waals surface area contributed by atoms with Crippen molar-refractivity contribution >= 4 is 31.9 Å². The first kappa shape index (κ1) is 13.7. The molecule has 94 valence electrons. The van der Waals surface area contributed by atoms with E-state index in [1.54, 1.807) is 6.07 Å². The van der Waals surface area contributed by atoms with Crippen LogP contribution in [0.1, 0.15) is 11.1 Å². The monoisotopic (exact) mass is 371 g/mol. The summed E-state index contributed by atoms with van der Waals surface area (Å²) in [6, 6.07) is 13.1. The molecule has 2 aromatic rings. The molecule has 0 bridgehead atoms. The summed E-state index contributed by atoms with van der Waals surface area (Å²) in [5, 5.41) is 3.30. The third-order valence-electron chi connectivity index (χ3n) is 2.62. The summed E-state index contributed by atoms with van der Waals surface area (Å²) < 4.78 is 14.9. The molecule has 0 spiro atoms. The van der Waals surface area contributed by atoms with Crippen LogP contribution < -0.4 is 5.32 Å². The molecule has 0 aliphatic heterocycles. The van der Waals surface area contributed by atoms with Gasteiger partial charge in [0.25, 0.3) is 0 Å². The van der Waals surface area contributed by atoms with Crippen molar-refractivity contribution < 1.29 is 4.39 Å². The number of halogens is 3. The summed E-state index contributed by atoms with van der Waals surface area (Å²) in [6.45, 7) is 1.37. The molecular formula is C14H12Br2FN. The van der Waals surface area contributed by atoms with Crippen LogP contribution in [0.2, 0.25) is 0 Å². The van der Waals surface area contributed by atoms with Crippen molar-refractivity contribution in [1.29, 1.82) is 0 Å². The third kappa shape index (κ3) is 3.40. The molecule has 1 nitrogen and oxygen atoms in total. The average molecular weight is 373 g/mol. The van der Waals surface area contributed by atoms with Gasteiger partial charge in [-0.3, -0.25) is 0 Å². The van der Waals surface area contributed by atoms with E-state index in [0.29, 0.717) is 11.0 Å². The first-order valence-electron chi connectivity index (χ1n) is 5.55. The van der Waals surface area contributed by atoms with Gasteiger partial charge in [-0.05, 0) is 39.2 Å². The van der Waals surface area contributed by atoms with Crippen molar-refractivity contribution in [2.75, 3.05) is 0 Å². The van der Waals surface area contributed by atoms with Gasteiger partial charge in [-0.15, -0.1) is 0 Å². The van der Waals surface area contributed by atoms with Crippen LogP contribution >= 0.6 is 31.9 Å². The van der Waals surface area contributed by atoms with Gasteiger partial charge in [0.05, 0.1) is 4.47 Å². The molecule has 0 amide bonds. The zero-order chi connectivity index (χ0) is 13.0. The first-order chi connectivity index (χ1) is 8.68. The van der Waals surface area contributed by atoms with Gasteiger partial charge in [-0.2, -0.15) is 0 Å². The molecule has 18 heavy (non-hydrogen) atoms. The fourth-order valence-corrected chi connectivity index (χ4v) is 2.49. The number of hydrogen-bond donors (Lipinski definition) is 1. The summed E-state index contributed by atoms with van der Waals surface area (Å²) in [4.78, 5) is 0. The quantitative estimate of drug-likeness (QED) is 0.824. The molecule has 0 heterocycles. The molecule has 4 heteroatoms. The second-order valence-electron chi connectivity index (χ2n) is 3.91. The lowest BCUT2D eigenvalue weighted by Gasteiger charge is -2.08. The highest BCUT2D eigenvalue weighted by atomic mass is 79.9. The molecule has 0 saturated heterocycles. The maximum Gasteiger partial charge on any atom is 0.137 e. The number of rotatable bonds is 4. The number of benzene rings is 2. The topological polar surface area (TPSA) is 12.0 Å². The molecule has 0 saturated carbocycles. The van der Waals surface area contributed by atoms with Crippen LogP contribution in [-0.4, -0.2) is 0 Å². The predicted molar refractivity (Wildman–Crippen MR) is 78.8 cm³/mol. The van der Waals surface area contributed by atoms with E-state index in [1.165, 1.54) is 11.6 Å². The minimum atomic E-state index is -0.227. The molecule has 1 N–H and O–H groups in total. The van der Waals surface area contributed by atoms with Gasteiger partial charge in [-0.25, -0.2) is 4.39 Å². The first-order valence-corrected chi connectivity index (χ1v) is 7.14. The van der Waals surface area contributed by atoms with Gasteiger partial charge in [0.15, 0.2) is 0 Å². The largest absolute Gasteiger partial charge is 0.309 e. The Balaban J connectivity index is 1.97. The molecular weight excluding hydrogens is 361 g/mol. The normalized spacial score (nSPS) is 10.6. The molecule has 0 atom stereocenters. The summed E-state index contributed by atoms with van der Waals surface area (Å²) in [5.74, 6) is -0.227. The summed E-state index contributed by atoms with van der Waals surface area (Å²) >= 11 is 6.76. The lowest BCUT2D eigenvalue weighted by molar-refractivity contribution is 0.612. The lowest BCUT2D eigenvalue weighted by atomic mass is 10.2. The van der Waals surface area contributed by atoms with Crippen LogP contribution in [0.3, 0.4) is 0 Å². The van der Waals surface area contributed by atoms with Crippen molar-refractivity contribution in [3.8, 4) is 0 Å². The fourth-order valence-electron chi connectivity index (χ4n) is 1.66. The van der Waals surface area contributed by atoms with E-state index in [-0.39, 0.29) is 5.82 Å². The van der Waals surface area contributed by atoms with Crippen molar-refractivity contribution in [1.82, 2.24) is 5.32 Å². The second-order valence-corrected chi connectivity index (χ2v) is 5.56. The average Bonchev–Trinajstić information content (AvgIpc) is 2.37. The smallest absolute Gasteiger partial charge is 0.137 e. The summed E-state index contributed by atoms with van der Waals surface area (Å²) in [7, 11) is 0. The Kier molecular flexibility index (Phi) is 4.92. The predicted octanol–water partition coefficient (Wildman–Crippen LogP) is 4.64. The van der Waals surface area contributed by atoms with Gasteiger partial charge in [0.1, 0.15) is 5.82 Å². The van der Waals surface area contributed by atoms with Crippen LogP contribution in [0.4, 0.5) is 4.39 Å². The van der Waals surface area contributed by atoms with E-state index in [9.17, 15) is 4.39 Å². The van der Waals surface area contributed by atoms with Gasteiger partial charge >= 0.3 is 0 Å². The second kappa shape index (κ2) is 6.45. The van der Waals surface area contributed by atoms with E-state index in [4.69, 9.17) is 0 Å². The van der Waals surface area contributed by atoms with Crippen molar-refractivity contribution in [2.24, 2.45) is 0 Å². The minimum Gasteiger partial charge on any atom is -0.309 e. The van der Waals surface area contributed by atoms with E-state index in [1.807, 2.05) is 24.3 Å². The molecule has 0 aliphatic carbocycles. The number of hydrogen-bond acceptors (Lipinski definition) is 1. The van der Waals surface area contributed by atoms with E-state index in [0.717, 1.165) is 16.6 Å². The Hall–Kier alpha value is -0.710. The van der Waals surface area contributed by atoms with Crippen molar-refractivity contribution in [3.63, 3.8) is 0 Å². The Morgan fingerprint density at radius 1 is 0.889 bits per heavy atom. The molecule has 0 fully saturated rings. The fraction of sp³-hybridized carbons (Fsp3) is 0.143. The highest BCUT2D eigenvalue weighted by Crippen LogP contribution is 2.20. The molecule has 2 rings (SSSR count). The summed E-state index contributed by atoms with van der Waals surface area (Å²) in [5.41, 5.74) is 2.10. The Bertz CT molecular complexity index is 543. The van der Waals surface area contributed by atoms with Gasteiger partial charge in [0, 0.05) is 17.6 Å². The molecule has 0 aliphatic rings. The van der Waals surface area contributed by atoms with Crippen molar-refractivity contribution in [3.05, 3.63) is 68.4 Å². The van der Waals surface area contributed by atoms with Crippen LogP contribution in [-0.2, 0) is 13.1 Å². The highest BCUT2D eigenvalue weighted by Gasteiger charge is 2.04. The van der Waals surface area contributed by atoms with Crippen LogP contribution in [0.15, 0.2) is 51.4 Å². The third-order valence-corrected chi connectivity index (χ3v) is 4.28. The van der Waals surface area contributed by atoms with Crippen LogP contribution in [0, 0.1) is 5.82 Å². The Morgan fingerprint density at radius 2 is 1.56 bits per heavy atom. The minimum absolute atomic E-state index is 0.227. The maximum atomic E-state index is 13.3. The molecule has 0 radical (unpaired) electrons. The van der Waals surface area contributed by atoms with Gasteiger partial charge < -0.3 is 5.32 Å². The number of nitrogens with one attached hydrogen (secondary N) is 1. The molecule has 2 aromatic carbocycles. The molecule has 0 aromatic heterocycles. The molecule has 0 unspecified atom stereocenters. The van der Waals surface area contributed by atoms with Crippen LogP contribution in [0.25, 0.3) is 0 Å². The van der Waals surface area contributed by atoms with E-state index < -0.39 is 0 Å². The van der Waals surface area contributed by atoms with E-state index >= 15 is 0 Å². The standard InChI is InChI=1S/C14H12Br2FN/c15-12-6-2-1-4-10(12)8-18-9-11-5-3-7-13(17)14(11)16/h1-7,18H,8-9H2. The van der Waals surface area contributed by atoms with Crippen molar-refractivity contribution in [2.45, 2.75) is 13.1 Å². The van der Waals surface area contributed by atoms with Crippen LogP contribution in [0.5, 0.6) is 0 Å². The zero-order valence-electron chi connectivity index (χ0n) is 9.59. The Morgan fingerprint density at radius 3 is 2.33 bits per heavy atom. The Labute approximate surface area is 123 Å². The zero-order valence-corrected chi connectivity index (χ0v) is 12.8. The maximum absolute atomic E-state index is 13.3. The van der Waals surface area contributed by atoms with E-state index in [2.05, 4.69) is 43.2 Å².